The van der Waals surface area contributed by atoms with Gasteiger partial charge in [-0.05, 0) is 19.1 Å². The quantitative estimate of drug-likeness (QED) is 0.643. The zero-order valence-electron chi connectivity index (χ0n) is 6.06. The maximum Gasteiger partial charge on any atom is 0.216 e. The van der Waals surface area contributed by atoms with Crippen LogP contribution in [0.2, 0.25) is 0 Å². The van der Waals surface area contributed by atoms with E-state index in [1.165, 1.54) is 17.0 Å². The Bertz CT molecular complexity index is 336. The third kappa shape index (κ3) is 1.05. The van der Waals surface area contributed by atoms with Gasteiger partial charge in [0.15, 0.2) is 0 Å². The summed E-state index contributed by atoms with van der Waals surface area (Å²) in [5.74, 6) is 0. The molecule has 0 aliphatic rings. The van der Waals surface area contributed by atoms with Gasteiger partial charge in [0.1, 0.15) is 5.51 Å². The van der Waals surface area contributed by atoms with E-state index in [1.54, 1.807) is 5.51 Å². The molecule has 56 valence electrons. The summed E-state index contributed by atoms with van der Waals surface area (Å²) in [6, 6.07) is 4.04. The molecule has 0 aromatic carbocycles. The van der Waals surface area contributed by atoms with Crippen molar-refractivity contribution in [3.8, 4) is 5.13 Å². The van der Waals surface area contributed by atoms with Gasteiger partial charge in [-0.3, -0.25) is 4.57 Å². The van der Waals surface area contributed by atoms with Crippen LogP contribution in [0.25, 0.3) is 5.13 Å². The average molecular weight is 165 g/mol. The van der Waals surface area contributed by atoms with Gasteiger partial charge in [-0.25, -0.2) is 0 Å². The molecular weight excluding hydrogens is 158 g/mol. The van der Waals surface area contributed by atoms with E-state index in [2.05, 4.69) is 10.2 Å². The van der Waals surface area contributed by atoms with Crippen LogP contribution in [0.15, 0.2) is 23.8 Å². The van der Waals surface area contributed by atoms with Gasteiger partial charge in [-0.15, -0.1) is 10.2 Å². The number of nitrogens with zero attached hydrogens (tertiary/aromatic N) is 3. The lowest BCUT2D eigenvalue weighted by Crippen LogP contribution is -1.92. The Labute approximate surface area is 68.3 Å². The number of rotatable bonds is 1. The molecule has 0 radical (unpaired) electrons. The van der Waals surface area contributed by atoms with Gasteiger partial charge in [0, 0.05) is 11.9 Å². The summed E-state index contributed by atoms with van der Waals surface area (Å²) in [6.45, 7) is 2.04. The highest BCUT2D eigenvalue weighted by molar-refractivity contribution is 7.11. The summed E-state index contributed by atoms with van der Waals surface area (Å²) < 4.78 is 2.01. The molecule has 0 saturated heterocycles. The molecule has 0 bridgehead atoms. The Morgan fingerprint density at radius 2 is 2.45 bits per heavy atom. The number of aryl methyl sites for hydroxylation is 1. The van der Waals surface area contributed by atoms with Crippen molar-refractivity contribution in [2.45, 2.75) is 6.92 Å². The van der Waals surface area contributed by atoms with Gasteiger partial charge in [0.25, 0.3) is 0 Å². The van der Waals surface area contributed by atoms with Gasteiger partial charge in [0.05, 0.1) is 0 Å². The minimum Gasteiger partial charge on any atom is -0.296 e. The largest absolute Gasteiger partial charge is 0.296 e. The Morgan fingerprint density at radius 3 is 3.00 bits per heavy atom. The first-order valence-electron chi connectivity index (χ1n) is 3.28. The second-order valence-corrected chi connectivity index (χ2v) is 3.05. The predicted molar refractivity (Wildman–Crippen MR) is 44.0 cm³/mol. The third-order valence-corrected chi connectivity index (χ3v) is 2.20. The molecule has 0 spiro atoms. The lowest BCUT2D eigenvalue weighted by molar-refractivity contribution is 0.943. The average Bonchev–Trinajstić information content (AvgIpc) is 2.55. The highest BCUT2D eigenvalue weighted by atomic mass is 32.1. The fourth-order valence-corrected chi connectivity index (χ4v) is 1.55. The van der Waals surface area contributed by atoms with E-state index in [0.717, 1.165) is 5.13 Å². The molecule has 0 saturated carbocycles. The Hall–Kier alpha value is -1.16. The molecule has 0 amide bonds. The highest BCUT2D eigenvalue weighted by Crippen LogP contribution is 2.12. The molecule has 0 fully saturated rings. The van der Waals surface area contributed by atoms with Gasteiger partial charge >= 0.3 is 0 Å². The van der Waals surface area contributed by atoms with E-state index in [0.29, 0.717) is 0 Å². The first-order chi connectivity index (χ1) is 5.38. The van der Waals surface area contributed by atoms with Crippen LogP contribution in [0, 0.1) is 6.92 Å². The maximum atomic E-state index is 3.95. The van der Waals surface area contributed by atoms with E-state index in [4.69, 9.17) is 0 Å². The minimum absolute atomic E-state index is 0.924. The standard InChI is InChI=1S/C7H7N3S/c1-6-3-2-4-10(6)7-9-8-5-11-7/h2-5H,1H3. The molecule has 4 heteroatoms. The highest BCUT2D eigenvalue weighted by Gasteiger charge is 2.00. The maximum absolute atomic E-state index is 3.95. The number of aromatic nitrogens is 3. The fourth-order valence-electron chi connectivity index (χ4n) is 0.953. The van der Waals surface area contributed by atoms with Gasteiger partial charge in [-0.2, -0.15) is 0 Å². The monoisotopic (exact) mass is 165 g/mol. The first kappa shape index (κ1) is 6.54. The summed E-state index contributed by atoms with van der Waals surface area (Å²) in [5, 5.41) is 8.64. The molecule has 2 aromatic rings. The van der Waals surface area contributed by atoms with Crippen LogP contribution < -0.4 is 0 Å². The molecule has 0 aliphatic heterocycles. The zero-order chi connectivity index (χ0) is 7.68. The first-order valence-corrected chi connectivity index (χ1v) is 4.16. The van der Waals surface area contributed by atoms with Crippen molar-refractivity contribution in [3.63, 3.8) is 0 Å². The third-order valence-electron chi connectivity index (χ3n) is 1.51. The van der Waals surface area contributed by atoms with Crippen LogP contribution in [0.4, 0.5) is 0 Å². The van der Waals surface area contributed by atoms with Gasteiger partial charge in [-0.1, -0.05) is 11.3 Å². The second kappa shape index (κ2) is 2.47. The van der Waals surface area contributed by atoms with Crippen molar-refractivity contribution in [3.05, 3.63) is 29.5 Å². The van der Waals surface area contributed by atoms with Gasteiger partial charge < -0.3 is 0 Å². The number of hydrogen-bond donors (Lipinski definition) is 0. The second-order valence-electron chi connectivity index (χ2n) is 2.24. The molecule has 11 heavy (non-hydrogen) atoms. The summed E-state index contributed by atoms with van der Waals surface area (Å²) in [7, 11) is 0. The van der Waals surface area contributed by atoms with E-state index in [9.17, 15) is 0 Å². The molecule has 0 atom stereocenters. The van der Waals surface area contributed by atoms with E-state index < -0.39 is 0 Å². The fraction of sp³-hybridized carbons (Fsp3) is 0.143. The zero-order valence-corrected chi connectivity index (χ0v) is 6.88. The molecule has 2 aromatic heterocycles. The Morgan fingerprint density at radius 1 is 1.55 bits per heavy atom. The van der Waals surface area contributed by atoms with Crippen molar-refractivity contribution < 1.29 is 0 Å². The summed E-state index contributed by atoms with van der Waals surface area (Å²) >= 11 is 1.54. The van der Waals surface area contributed by atoms with Crippen LogP contribution >= 0.6 is 11.3 Å². The Balaban J connectivity index is 2.53. The van der Waals surface area contributed by atoms with Crippen LogP contribution in [0.5, 0.6) is 0 Å². The lowest BCUT2D eigenvalue weighted by atomic mass is 10.5. The molecule has 0 aliphatic carbocycles. The molecule has 0 unspecified atom stereocenters. The topological polar surface area (TPSA) is 30.7 Å². The summed E-state index contributed by atoms with van der Waals surface area (Å²) in [5.41, 5.74) is 2.91. The SMILES string of the molecule is Cc1cccn1-c1nncs1. The van der Waals surface area contributed by atoms with Gasteiger partial charge in [0.2, 0.25) is 5.13 Å². The summed E-state index contributed by atoms with van der Waals surface area (Å²) in [4.78, 5) is 0. The van der Waals surface area contributed by atoms with Crippen LogP contribution in [0.3, 0.4) is 0 Å². The Kier molecular flexibility index (Phi) is 1.47. The van der Waals surface area contributed by atoms with Crippen LogP contribution in [-0.2, 0) is 0 Å². The molecular formula is C7H7N3S. The summed E-state index contributed by atoms with van der Waals surface area (Å²) in [6.07, 6.45) is 1.98. The minimum atomic E-state index is 0.924. The smallest absolute Gasteiger partial charge is 0.216 e. The molecule has 0 N–H and O–H groups in total. The van der Waals surface area contributed by atoms with Crippen LogP contribution in [0.1, 0.15) is 5.69 Å². The predicted octanol–water partition coefficient (Wildman–Crippen LogP) is 1.64. The normalized spacial score (nSPS) is 10.3. The lowest BCUT2D eigenvalue weighted by Gasteiger charge is -1.97. The molecule has 2 rings (SSSR count). The van der Waals surface area contributed by atoms with E-state index >= 15 is 0 Å². The van der Waals surface area contributed by atoms with Crippen molar-refractivity contribution in [2.75, 3.05) is 0 Å². The van der Waals surface area contributed by atoms with Crippen molar-refractivity contribution in [1.82, 2.24) is 14.8 Å². The van der Waals surface area contributed by atoms with Crippen molar-refractivity contribution in [1.29, 1.82) is 0 Å². The molecule has 3 nitrogen and oxygen atoms in total. The molecule has 2 heterocycles. The van der Waals surface area contributed by atoms with Crippen molar-refractivity contribution in [2.24, 2.45) is 0 Å². The van der Waals surface area contributed by atoms with Crippen LogP contribution in [-0.4, -0.2) is 14.8 Å². The van der Waals surface area contributed by atoms with Crippen molar-refractivity contribution >= 4 is 11.3 Å². The van der Waals surface area contributed by atoms with E-state index in [-0.39, 0.29) is 0 Å². The van der Waals surface area contributed by atoms with E-state index in [1.807, 2.05) is 29.8 Å². The number of hydrogen-bond acceptors (Lipinski definition) is 3.